The van der Waals surface area contributed by atoms with E-state index in [0.717, 1.165) is 13.0 Å². The number of alkyl halides is 1. The van der Waals surface area contributed by atoms with E-state index in [1.54, 1.807) is 0 Å². The van der Waals surface area contributed by atoms with Crippen LogP contribution in [-0.4, -0.2) is 23.8 Å². The van der Waals surface area contributed by atoms with E-state index in [-0.39, 0.29) is 0 Å². The van der Waals surface area contributed by atoms with Gasteiger partial charge in [-0.15, -0.1) is 0 Å². The third-order valence-corrected chi connectivity index (χ3v) is 2.22. The third kappa shape index (κ3) is 3.19. The maximum Gasteiger partial charge on any atom is 0.153 e. The van der Waals surface area contributed by atoms with Gasteiger partial charge in [0.05, 0.1) is 0 Å². The van der Waals surface area contributed by atoms with Crippen LogP contribution in [0.3, 0.4) is 0 Å². The topological polar surface area (TPSA) is 3.24 Å². The molecule has 0 aliphatic carbocycles. The second-order valence-electron chi connectivity index (χ2n) is 2.93. The summed E-state index contributed by atoms with van der Waals surface area (Å²) in [5, 5.41) is 0. The molecule has 0 heterocycles. The average molecular weight is 161 g/mol. The van der Waals surface area contributed by atoms with Gasteiger partial charge in [-0.3, -0.25) is 4.90 Å². The molecule has 0 saturated carbocycles. The molecule has 0 N–H and O–H groups in total. The molecule has 0 aromatic carbocycles. The van der Waals surface area contributed by atoms with Crippen LogP contribution in [0, 0.1) is 0 Å². The summed E-state index contributed by atoms with van der Waals surface area (Å²) in [7, 11) is 0. The number of nitrogens with zero attached hydrogens (tertiary/aromatic N) is 1. The van der Waals surface area contributed by atoms with Gasteiger partial charge in [0.2, 0.25) is 0 Å². The highest BCUT2D eigenvalue weighted by Crippen LogP contribution is 2.11. The van der Waals surface area contributed by atoms with Crippen LogP contribution < -0.4 is 0 Å². The van der Waals surface area contributed by atoms with Crippen LogP contribution in [0.15, 0.2) is 0 Å². The van der Waals surface area contributed by atoms with Crippen molar-refractivity contribution in [2.45, 2.75) is 52.9 Å². The molecule has 0 spiro atoms. The van der Waals surface area contributed by atoms with E-state index < -0.39 is 6.30 Å². The maximum atomic E-state index is 13.2. The highest BCUT2D eigenvalue weighted by molar-refractivity contribution is 4.66. The highest BCUT2D eigenvalue weighted by Gasteiger charge is 2.17. The highest BCUT2D eigenvalue weighted by atomic mass is 19.1. The van der Waals surface area contributed by atoms with Crippen LogP contribution in [0.2, 0.25) is 0 Å². The number of rotatable bonds is 5. The van der Waals surface area contributed by atoms with Gasteiger partial charge < -0.3 is 0 Å². The first-order chi connectivity index (χ1) is 5.17. The van der Waals surface area contributed by atoms with Gasteiger partial charge in [-0.1, -0.05) is 20.8 Å². The molecule has 0 rings (SSSR count). The Bertz CT molecular complexity index is 85.6. The minimum atomic E-state index is -0.755. The van der Waals surface area contributed by atoms with Crippen molar-refractivity contribution < 1.29 is 4.39 Å². The molecule has 0 amide bonds. The van der Waals surface area contributed by atoms with E-state index in [1.807, 2.05) is 18.7 Å². The summed E-state index contributed by atoms with van der Waals surface area (Å²) in [5.74, 6) is 0. The molecule has 0 aliphatic heterocycles. The van der Waals surface area contributed by atoms with Gasteiger partial charge in [0.15, 0.2) is 6.30 Å². The fraction of sp³-hybridized carbons (Fsp3) is 1.00. The van der Waals surface area contributed by atoms with Gasteiger partial charge in [0, 0.05) is 6.04 Å². The fourth-order valence-corrected chi connectivity index (χ4v) is 1.25. The van der Waals surface area contributed by atoms with Crippen LogP contribution in [0.5, 0.6) is 0 Å². The SMILES string of the molecule is CCC(C)N(CC)C(F)CC. The smallest absolute Gasteiger partial charge is 0.153 e. The number of hydrogen-bond donors (Lipinski definition) is 0. The summed E-state index contributed by atoms with van der Waals surface area (Å²) < 4.78 is 13.2. The first kappa shape index (κ1) is 10.9. The Kier molecular flexibility index (Phi) is 5.47. The van der Waals surface area contributed by atoms with Gasteiger partial charge in [-0.05, 0) is 26.3 Å². The lowest BCUT2D eigenvalue weighted by atomic mass is 10.2. The standard InChI is InChI=1S/C9H20FN/c1-5-8(4)11(7-3)9(10)6-2/h8-9H,5-7H2,1-4H3. The Morgan fingerprint density at radius 2 is 1.73 bits per heavy atom. The summed E-state index contributed by atoms with van der Waals surface area (Å²) in [6, 6.07) is 0.370. The normalized spacial score (nSPS) is 16.9. The van der Waals surface area contributed by atoms with Crippen molar-refractivity contribution in [3.63, 3.8) is 0 Å². The van der Waals surface area contributed by atoms with E-state index >= 15 is 0 Å². The van der Waals surface area contributed by atoms with Gasteiger partial charge >= 0.3 is 0 Å². The van der Waals surface area contributed by atoms with Crippen molar-refractivity contribution in [3.8, 4) is 0 Å². The summed E-state index contributed by atoms with van der Waals surface area (Å²) in [5.41, 5.74) is 0. The Balaban J connectivity index is 3.92. The van der Waals surface area contributed by atoms with Crippen molar-refractivity contribution in [3.05, 3.63) is 0 Å². The lowest BCUT2D eigenvalue weighted by molar-refractivity contribution is 0.0483. The zero-order valence-corrected chi connectivity index (χ0v) is 8.10. The van der Waals surface area contributed by atoms with Gasteiger partial charge in [0.25, 0.3) is 0 Å². The molecule has 0 aliphatic rings. The predicted molar refractivity (Wildman–Crippen MR) is 47.3 cm³/mol. The lowest BCUT2D eigenvalue weighted by Gasteiger charge is -2.29. The zero-order valence-electron chi connectivity index (χ0n) is 8.10. The molecule has 0 radical (unpaired) electrons. The minimum absolute atomic E-state index is 0.370. The van der Waals surface area contributed by atoms with Gasteiger partial charge in [-0.25, -0.2) is 4.39 Å². The molecule has 0 aromatic heterocycles. The van der Waals surface area contributed by atoms with E-state index in [1.165, 1.54) is 0 Å². The third-order valence-electron chi connectivity index (χ3n) is 2.22. The van der Waals surface area contributed by atoms with Crippen LogP contribution in [0.25, 0.3) is 0 Å². The van der Waals surface area contributed by atoms with Crippen molar-refractivity contribution in [1.82, 2.24) is 4.90 Å². The van der Waals surface area contributed by atoms with Gasteiger partial charge in [-0.2, -0.15) is 0 Å². The van der Waals surface area contributed by atoms with Crippen LogP contribution >= 0.6 is 0 Å². The molecule has 0 bridgehead atoms. The second kappa shape index (κ2) is 5.53. The predicted octanol–water partition coefficient (Wildman–Crippen LogP) is 2.81. The van der Waals surface area contributed by atoms with Gasteiger partial charge in [0.1, 0.15) is 0 Å². The maximum absolute atomic E-state index is 13.2. The molecule has 2 atom stereocenters. The summed E-state index contributed by atoms with van der Waals surface area (Å²) >= 11 is 0. The van der Waals surface area contributed by atoms with E-state index in [0.29, 0.717) is 12.5 Å². The quantitative estimate of drug-likeness (QED) is 0.560. The van der Waals surface area contributed by atoms with Crippen LogP contribution in [-0.2, 0) is 0 Å². The Labute approximate surface area is 69.6 Å². The molecule has 2 unspecified atom stereocenters. The number of halogens is 1. The molecule has 0 aromatic rings. The van der Waals surface area contributed by atoms with E-state index in [4.69, 9.17) is 0 Å². The largest absolute Gasteiger partial charge is 0.272 e. The zero-order chi connectivity index (χ0) is 8.85. The second-order valence-corrected chi connectivity index (χ2v) is 2.93. The summed E-state index contributed by atoms with van der Waals surface area (Å²) in [6.07, 6.45) is 0.863. The average Bonchev–Trinajstić information content (AvgIpc) is 2.05. The minimum Gasteiger partial charge on any atom is -0.272 e. The Morgan fingerprint density at radius 1 is 1.18 bits per heavy atom. The molecular formula is C9H20FN. The van der Waals surface area contributed by atoms with Crippen LogP contribution in [0.4, 0.5) is 4.39 Å². The molecule has 1 nitrogen and oxygen atoms in total. The monoisotopic (exact) mass is 161 g/mol. The molecular weight excluding hydrogens is 141 g/mol. The molecule has 2 heteroatoms. The van der Waals surface area contributed by atoms with E-state index in [9.17, 15) is 4.39 Å². The lowest BCUT2D eigenvalue weighted by Crippen LogP contribution is -2.38. The van der Waals surface area contributed by atoms with E-state index in [2.05, 4.69) is 13.8 Å². The summed E-state index contributed by atoms with van der Waals surface area (Å²) in [4.78, 5) is 1.90. The van der Waals surface area contributed by atoms with Crippen molar-refractivity contribution in [2.24, 2.45) is 0 Å². The Morgan fingerprint density at radius 3 is 2.00 bits per heavy atom. The number of hydrogen-bond acceptors (Lipinski definition) is 1. The molecule has 0 fully saturated rings. The Hall–Kier alpha value is -0.110. The first-order valence-electron chi connectivity index (χ1n) is 4.57. The van der Waals surface area contributed by atoms with Crippen molar-refractivity contribution in [2.75, 3.05) is 6.54 Å². The van der Waals surface area contributed by atoms with Crippen molar-refractivity contribution in [1.29, 1.82) is 0 Å². The van der Waals surface area contributed by atoms with Crippen molar-refractivity contribution >= 4 is 0 Å². The molecule has 68 valence electrons. The fourth-order valence-electron chi connectivity index (χ4n) is 1.25. The van der Waals surface area contributed by atoms with Crippen LogP contribution in [0.1, 0.15) is 40.5 Å². The summed E-state index contributed by atoms with van der Waals surface area (Å²) in [6.45, 7) is 8.87. The first-order valence-corrected chi connectivity index (χ1v) is 4.57. The molecule has 11 heavy (non-hydrogen) atoms. The molecule has 0 saturated heterocycles.